The topological polar surface area (TPSA) is 61.0 Å². The van der Waals surface area contributed by atoms with Crippen LogP contribution in [0.2, 0.25) is 0 Å². The lowest BCUT2D eigenvalue weighted by Gasteiger charge is -2.22. The van der Waals surface area contributed by atoms with Crippen molar-refractivity contribution in [2.24, 2.45) is 5.73 Å². The van der Waals surface area contributed by atoms with E-state index in [2.05, 4.69) is 9.97 Å². The Balaban J connectivity index is 1.90. The predicted molar refractivity (Wildman–Crippen MR) is 57.7 cm³/mol. The van der Waals surface area contributed by atoms with E-state index in [0.29, 0.717) is 12.6 Å². The molecule has 1 aromatic rings. The average Bonchev–Trinajstić information content (AvgIpc) is 2.65. The molecular weight excluding hydrogens is 190 g/mol. The van der Waals surface area contributed by atoms with Gasteiger partial charge in [-0.1, -0.05) is 12.8 Å². The molecule has 4 heteroatoms. The first-order chi connectivity index (χ1) is 7.18. The molecule has 82 valence electrons. The Morgan fingerprint density at radius 2 is 1.93 bits per heavy atom. The van der Waals surface area contributed by atoms with Gasteiger partial charge in [-0.3, -0.25) is 0 Å². The average molecular weight is 207 g/mol. The summed E-state index contributed by atoms with van der Waals surface area (Å²) in [6.07, 6.45) is 7.99. The molecule has 4 nitrogen and oxygen atoms in total. The molecule has 2 rings (SSSR count). The van der Waals surface area contributed by atoms with E-state index in [-0.39, 0.29) is 5.54 Å². The van der Waals surface area contributed by atoms with Crippen LogP contribution in [0.15, 0.2) is 12.4 Å². The third-order valence-corrected chi connectivity index (χ3v) is 2.85. The van der Waals surface area contributed by atoms with Gasteiger partial charge in [-0.05, 0) is 25.3 Å². The van der Waals surface area contributed by atoms with E-state index in [0.717, 1.165) is 18.4 Å². The minimum atomic E-state index is -0.158. The fourth-order valence-corrected chi connectivity index (χ4v) is 1.89. The van der Waals surface area contributed by atoms with Crippen molar-refractivity contribution in [1.29, 1.82) is 0 Å². The molecule has 0 amide bonds. The molecule has 0 aliphatic heterocycles. The number of ether oxygens (including phenoxy) is 1. The maximum Gasteiger partial charge on any atom is 0.316 e. The van der Waals surface area contributed by atoms with Crippen molar-refractivity contribution in [2.75, 3.05) is 6.61 Å². The second kappa shape index (κ2) is 4.14. The van der Waals surface area contributed by atoms with Crippen LogP contribution in [0.5, 0.6) is 6.01 Å². The molecule has 2 N–H and O–H groups in total. The van der Waals surface area contributed by atoms with Gasteiger partial charge >= 0.3 is 6.01 Å². The van der Waals surface area contributed by atoms with Crippen LogP contribution in [0.25, 0.3) is 0 Å². The molecule has 0 atom stereocenters. The van der Waals surface area contributed by atoms with Crippen molar-refractivity contribution in [3.8, 4) is 6.01 Å². The van der Waals surface area contributed by atoms with Crippen LogP contribution < -0.4 is 10.5 Å². The van der Waals surface area contributed by atoms with Crippen LogP contribution in [0.1, 0.15) is 31.2 Å². The van der Waals surface area contributed by atoms with Crippen molar-refractivity contribution in [3.63, 3.8) is 0 Å². The Labute approximate surface area is 89.9 Å². The minimum Gasteiger partial charge on any atom is -0.462 e. The van der Waals surface area contributed by atoms with Gasteiger partial charge in [-0.15, -0.1) is 0 Å². The van der Waals surface area contributed by atoms with Gasteiger partial charge < -0.3 is 10.5 Å². The van der Waals surface area contributed by atoms with Gasteiger partial charge in [0.1, 0.15) is 6.61 Å². The fraction of sp³-hybridized carbons (Fsp3) is 0.636. The lowest BCUT2D eigenvalue weighted by Crippen LogP contribution is -2.42. The monoisotopic (exact) mass is 207 g/mol. The number of rotatable bonds is 3. The Hall–Kier alpha value is -1.16. The summed E-state index contributed by atoms with van der Waals surface area (Å²) in [6.45, 7) is 2.47. The van der Waals surface area contributed by atoms with Gasteiger partial charge in [0.2, 0.25) is 0 Å². The highest BCUT2D eigenvalue weighted by Crippen LogP contribution is 2.27. The molecule has 0 radical (unpaired) electrons. The van der Waals surface area contributed by atoms with Crippen LogP contribution in [0, 0.1) is 6.92 Å². The SMILES string of the molecule is Cc1cnc(OCC2(N)CCCC2)nc1. The van der Waals surface area contributed by atoms with Crippen LogP contribution in [-0.4, -0.2) is 22.1 Å². The highest BCUT2D eigenvalue weighted by atomic mass is 16.5. The molecule has 0 spiro atoms. The highest BCUT2D eigenvalue weighted by molar-refractivity contribution is 5.05. The van der Waals surface area contributed by atoms with Crippen molar-refractivity contribution < 1.29 is 4.74 Å². The van der Waals surface area contributed by atoms with Crippen LogP contribution in [-0.2, 0) is 0 Å². The van der Waals surface area contributed by atoms with Gasteiger partial charge in [0.05, 0.1) is 5.54 Å². The number of hydrogen-bond acceptors (Lipinski definition) is 4. The van der Waals surface area contributed by atoms with Crippen LogP contribution in [0.4, 0.5) is 0 Å². The zero-order valence-electron chi connectivity index (χ0n) is 9.07. The Morgan fingerprint density at radius 1 is 1.33 bits per heavy atom. The smallest absolute Gasteiger partial charge is 0.316 e. The molecule has 0 unspecified atom stereocenters. The molecule has 1 aliphatic rings. The first kappa shape index (κ1) is 10.4. The summed E-state index contributed by atoms with van der Waals surface area (Å²) in [5.74, 6) is 0. The lowest BCUT2D eigenvalue weighted by molar-refractivity contribution is 0.205. The third-order valence-electron chi connectivity index (χ3n) is 2.85. The minimum absolute atomic E-state index is 0.158. The van der Waals surface area contributed by atoms with E-state index in [4.69, 9.17) is 10.5 Å². The van der Waals surface area contributed by atoms with Crippen molar-refractivity contribution in [2.45, 2.75) is 38.1 Å². The molecule has 0 aromatic carbocycles. The van der Waals surface area contributed by atoms with E-state index in [9.17, 15) is 0 Å². The van der Waals surface area contributed by atoms with Gasteiger partial charge in [-0.25, -0.2) is 9.97 Å². The maximum absolute atomic E-state index is 6.16. The number of aryl methyl sites for hydroxylation is 1. The maximum atomic E-state index is 6.16. The Bertz CT molecular complexity index is 317. The van der Waals surface area contributed by atoms with Gasteiger partial charge in [0, 0.05) is 12.4 Å². The molecule has 1 fully saturated rings. The lowest BCUT2D eigenvalue weighted by atomic mass is 10.0. The molecule has 1 saturated carbocycles. The van der Waals surface area contributed by atoms with E-state index < -0.39 is 0 Å². The molecular formula is C11H17N3O. The summed E-state index contributed by atoms with van der Waals surface area (Å²) in [4.78, 5) is 8.16. The number of nitrogens with two attached hydrogens (primary N) is 1. The summed E-state index contributed by atoms with van der Waals surface area (Å²) in [5.41, 5.74) is 7.03. The van der Waals surface area contributed by atoms with Gasteiger partial charge in [0.25, 0.3) is 0 Å². The second-order valence-corrected chi connectivity index (χ2v) is 4.40. The zero-order chi connectivity index (χ0) is 10.7. The third kappa shape index (κ3) is 2.65. The summed E-state index contributed by atoms with van der Waals surface area (Å²) < 4.78 is 5.50. The first-order valence-electron chi connectivity index (χ1n) is 5.38. The molecule has 0 bridgehead atoms. The van der Waals surface area contributed by atoms with E-state index >= 15 is 0 Å². The Kier molecular flexibility index (Phi) is 2.86. The molecule has 1 aliphatic carbocycles. The zero-order valence-corrected chi connectivity index (χ0v) is 9.07. The van der Waals surface area contributed by atoms with Crippen molar-refractivity contribution in [1.82, 2.24) is 9.97 Å². The predicted octanol–water partition coefficient (Wildman–Crippen LogP) is 1.44. The van der Waals surface area contributed by atoms with E-state index in [1.165, 1.54) is 12.8 Å². The normalized spacial score (nSPS) is 19.1. The van der Waals surface area contributed by atoms with Crippen LogP contribution in [0.3, 0.4) is 0 Å². The van der Waals surface area contributed by atoms with E-state index in [1.54, 1.807) is 12.4 Å². The van der Waals surface area contributed by atoms with Gasteiger partial charge in [0.15, 0.2) is 0 Å². The van der Waals surface area contributed by atoms with Crippen molar-refractivity contribution >= 4 is 0 Å². The Morgan fingerprint density at radius 3 is 2.53 bits per heavy atom. The molecule has 0 saturated heterocycles. The number of aromatic nitrogens is 2. The second-order valence-electron chi connectivity index (χ2n) is 4.40. The quantitative estimate of drug-likeness (QED) is 0.814. The molecule has 15 heavy (non-hydrogen) atoms. The summed E-state index contributed by atoms with van der Waals surface area (Å²) in [6, 6.07) is 0.428. The standard InChI is InChI=1S/C11H17N3O/c1-9-6-13-10(14-7-9)15-8-11(12)4-2-3-5-11/h6-7H,2-5,8,12H2,1H3. The molecule has 1 aromatic heterocycles. The summed E-state index contributed by atoms with van der Waals surface area (Å²) >= 11 is 0. The first-order valence-corrected chi connectivity index (χ1v) is 5.38. The van der Waals surface area contributed by atoms with Crippen LogP contribution >= 0.6 is 0 Å². The summed E-state index contributed by atoms with van der Waals surface area (Å²) in [7, 11) is 0. The summed E-state index contributed by atoms with van der Waals surface area (Å²) in [5, 5.41) is 0. The largest absolute Gasteiger partial charge is 0.462 e. The van der Waals surface area contributed by atoms with Gasteiger partial charge in [-0.2, -0.15) is 0 Å². The molecule has 1 heterocycles. The highest BCUT2D eigenvalue weighted by Gasteiger charge is 2.30. The van der Waals surface area contributed by atoms with E-state index in [1.807, 2.05) is 6.92 Å². The number of nitrogens with zero attached hydrogens (tertiary/aromatic N) is 2. The number of hydrogen-bond donors (Lipinski definition) is 1. The fourth-order valence-electron chi connectivity index (χ4n) is 1.89. The van der Waals surface area contributed by atoms with Crippen molar-refractivity contribution in [3.05, 3.63) is 18.0 Å².